The molecule has 0 saturated carbocycles. The predicted molar refractivity (Wildman–Crippen MR) is 51.1 cm³/mol. The van der Waals surface area contributed by atoms with Crippen LogP contribution < -0.4 is 0 Å². The molecule has 1 rings (SSSR count). The first kappa shape index (κ1) is 9.20. The summed E-state index contributed by atoms with van der Waals surface area (Å²) >= 11 is 0. The number of hydrogen-bond acceptors (Lipinski definition) is 2. The van der Waals surface area contributed by atoms with Gasteiger partial charge in [-0.25, -0.2) is 0 Å². The minimum atomic E-state index is 0.990. The van der Waals surface area contributed by atoms with Crippen molar-refractivity contribution >= 4 is 0 Å². The van der Waals surface area contributed by atoms with Crippen LogP contribution in [0.15, 0.2) is 12.1 Å². The van der Waals surface area contributed by atoms with Gasteiger partial charge in [-0.3, -0.25) is 4.98 Å². The lowest BCUT2D eigenvalue weighted by atomic mass is 10.2. The smallest absolute Gasteiger partial charge is 0.0379 e. The third-order valence-corrected chi connectivity index (χ3v) is 1.64. The van der Waals surface area contributed by atoms with E-state index in [0.29, 0.717) is 0 Å². The third kappa shape index (κ3) is 2.62. The Kier molecular flexibility index (Phi) is 2.82. The van der Waals surface area contributed by atoms with E-state index in [-0.39, 0.29) is 0 Å². The first-order valence-electron chi connectivity index (χ1n) is 4.17. The molecule has 1 heterocycles. The number of aryl methyl sites for hydroxylation is 2. The first-order valence-corrected chi connectivity index (χ1v) is 4.17. The number of hydrogen-bond donors (Lipinski definition) is 0. The van der Waals surface area contributed by atoms with Crippen molar-refractivity contribution in [2.75, 3.05) is 14.1 Å². The van der Waals surface area contributed by atoms with E-state index in [1.807, 2.05) is 13.8 Å². The average molecular weight is 164 g/mol. The zero-order valence-corrected chi connectivity index (χ0v) is 8.26. The highest BCUT2D eigenvalue weighted by molar-refractivity contribution is 5.19. The van der Waals surface area contributed by atoms with Crippen LogP contribution in [-0.2, 0) is 6.54 Å². The maximum Gasteiger partial charge on any atom is 0.0379 e. The number of aromatic nitrogens is 1. The summed E-state index contributed by atoms with van der Waals surface area (Å²) in [4.78, 5) is 6.48. The Balaban J connectivity index is 2.85. The Morgan fingerprint density at radius 2 is 1.67 bits per heavy atom. The SMILES string of the molecule is Cc1cc(CN(C)C)cc(C)n1. The summed E-state index contributed by atoms with van der Waals surface area (Å²) in [5, 5.41) is 0. The molecule has 12 heavy (non-hydrogen) atoms. The van der Waals surface area contributed by atoms with Gasteiger partial charge in [0.2, 0.25) is 0 Å². The lowest BCUT2D eigenvalue weighted by Crippen LogP contribution is -2.11. The van der Waals surface area contributed by atoms with Crippen LogP contribution >= 0.6 is 0 Å². The molecule has 0 unspecified atom stereocenters. The Morgan fingerprint density at radius 1 is 1.17 bits per heavy atom. The van der Waals surface area contributed by atoms with E-state index in [9.17, 15) is 0 Å². The standard InChI is InChI=1S/C10H16N2/c1-8-5-10(7-12(3)4)6-9(2)11-8/h5-6H,7H2,1-4H3. The van der Waals surface area contributed by atoms with E-state index in [2.05, 4.69) is 36.1 Å². The summed E-state index contributed by atoms with van der Waals surface area (Å²) < 4.78 is 0. The minimum Gasteiger partial charge on any atom is -0.305 e. The quantitative estimate of drug-likeness (QED) is 0.662. The van der Waals surface area contributed by atoms with Crippen LogP contribution in [0.25, 0.3) is 0 Å². The van der Waals surface area contributed by atoms with E-state index in [4.69, 9.17) is 0 Å². The van der Waals surface area contributed by atoms with Crippen molar-refractivity contribution in [2.45, 2.75) is 20.4 Å². The van der Waals surface area contributed by atoms with E-state index < -0.39 is 0 Å². The van der Waals surface area contributed by atoms with E-state index in [0.717, 1.165) is 17.9 Å². The monoisotopic (exact) mass is 164 g/mol. The van der Waals surface area contributed by atoms with Crippen LogP contribution in [0.1, 0.15) is 17.0 Å². The molecule has 0 fully saturated rings. The molecule has 0 aliphatic heterocycles. The zero-order valence-electron chi connectivity index (χ0n) is 8.26. The molecule has 0 saturated heterocycles. The van der Waals surface area contributed by atoms with Gasteiger partial charge >= 0.3 is 0 Å². The van der Waals surface area contributed by atoms with Gasteiger partial charge in [-0.1, -0.05) is 0 Å². The van der Waals surface area contributed by atoms with E-state index >= 15 is 0 Å². The molecule has 2 nitrogen and oxygen atoms in total. The fourth-order valence-corrected chi connectivity index (χ4v) is 1.38. The molecule has 0 spiro atoms. The van der Waals surface area contributed by atoms with Crippen LogP contribution in [0.3, 0.4) is 0 Å². The molecular formula is C10H16N2. The molecule has 0 aliphatic rings. The van der Waals surface area contributed by atoms with Gasteiger partial charge in [0.15, 0.2) is 0 Å². The van der Waals surface area contributed by atoms with Crippen LogP contribution in [-0.4, -0.2) is 24.0 Å². The van der Waals surface area contributed by atoms with Crippen LogP contribution in [0.2, 0.25) is 0 Å². The Morgan fingerprint density at radius 3 is 2.08 bits per heavy atom. The van der Waals surface area contributed by atoms with Crippen molar-refractivity contribution in [3.8, 4) is 0 Å². The summed E-state index contributed by atoms with van der Waals surface area (Å²) in [6.45, 7) is 5.06. The van der Waals surface area contributed by atoms with Gasteiger partial charge in [0.25, 0.3) is 0 Å². The zero-order chi connectivity index (χ0) is 9.14. The summed E-state index contributed by atoms with van der Waals surface area (Å²) in [6, 6.07) is 4.26. The highest BCUT2D eigenvalue weighted by Crippen LogP contribution is 2.06. The van der Waals surface area contributed by atoms with E-state index in [1.54, 1.807) is 0 Å². The van der Waals surface area contributed by atoms with Gasteiger partial charge in [-0.05, 0) is 45.6 Å². The van der Waals surface area contributed by atoms with Crippen molar-refractivity contribution in [3.63, 3.8) is 0 Å². The van der Waals surface area contributed by atoms with Crippen LogP contribution in [0.5, 0.6) is 0 Å². The summed E-state index contributed by atoms with van der Waals surface area (Å²) in [5.74, 6) is 0. The molecule has 0 aromatic carbocycles. The maximum atomic E-state index is 4.32. The van der Waals surface area contributed by atoms with Gasteiger partial charge in [0.05, 0.1) is 0 Å². The molecule has 66 valence electrons. The Hall–Kier alpha value is -0.890. The largest absolute Gasteiger partial charge is 0.305 e. The normalized spacial score (nSPS) is 10.8. The number of nitrogens with zero attached hydrogens (tertiary/aromatic N) is 2. The lowest BCUT2D eigenvalue weighted by Gasteiger charge is -2.10. The topological polar surface area (TPSA) is 16.1 Å². The number of rotatable bonds is 2. The van der Waals surface area contributed by atoms with Crippen molar-refractivity contribution < 1.29 is 0 Å². The molecule has 0 bridgehead atoms. The van der Waals surface area contributed by atoms with E-state index in [1.165, 1.54) is 5.56 Å². The van der Waals surface area contributed by atoms with Gasteiger partial charge in [-0.15, -0.1) is 0 Å². The molecule has 1 aromatic rings. The minimum absolute atomic E-state index is 0.990. The van der Waals surface area contributed by atoms with Gasteiger partial charge < -0.3 is 4.90 Å². The fraction of sp³-hybridized carbons (Fsp3) is 0.500. The maximum absolute atomic E-state index is 4.32. The molecule has 0 aliphatic carbocycles. The second-order valence-electron chi connectivity index (χ2n) is 3.50. The summed E-state index contributed by atoms with van der Waals surface area (Å²) in [7, 11) is 4.15. The van der Waals surface area contributed by atoms with Crippen LogP contribution in [0, 0.1) is 13.8 Å². The van der Waals surface area contributed by atoms with Gasteiger partial charge in [0, 0.05) is 17.9 Å². The van der Waals surface area contributed by atoms with Crippen molar-refractivity contribution in [3.05, 3.63) is 29.1 Å². The molecular weight excluding hydrogens is 148 g/mol. The second-order valence-corrected chi connectivity index (χ2v) is 3.50. The average Bonchev–Trinajstić information content (AvgIpc) is 1.81. The Labute approximate surface area is 74.2 Å². The first-order chi connectivity index (χ1) is 5.58. The van der Waals surface area contributed by atoms with Gasteiger partial charge in [-0.2, -0.15) is 0 Å². The van der Waals surface area contributed by atoms with Crippen molar-refractivity contribution in [1.82, 2.24) is 9.88 Å². The van der Waals surface area contributed by atoms with Crippen LogP contribution in [0.4, 0.5) is 0 Å². The van der Waals surface area contributed by atoms with Gasteiger partial charge in [0.1, 0.15) is 0 Å². The molecule has 2 heteroatoms. The molecule has 0 N–H and O–H groups in total. The molecule has 0 radical (unpaired) electrons. The molecule has 0 atom stereocenters. The fourth-order valence-electron chi connectivity index (χ4n) is 1.38. The van der Waals surface area contributed by atoms with Crippen molar-refractivity contribution in [1.29, 1.82) is 0 Å². The summed E-state index contributed by atoms with van der Waals surface area (Å²) in [5.41, 5.74) is 3.55. The highest BCUT2D eigenvalue weighted by atomic mass is 15.0. The molecule has 1 aromatic heterocycles. The lowest BCUT2D eigenvalue weighted by molar-refractivity contribution is 0.402. The Bertz CT molecular complexity index is 246. The van der Waals surface area contributed by atoms with Crippen molar-refractivity contribution in [2.24, 2.45) is 0 Å². The second kappa shape index (κ2) is 3.68. The number of pyridine rings is 1. The predicted octanol–water partition coefficient (Wildman–Crippen LogP) is 1.76. The highest BCUT2D eigenvalue weighted by Gasteiger charge is 1.97. The third-order valence-electron chi connectivity index (χ3n) is 1.64. The summed E-state index contributed by atoms with van der Waals surface area (Å²) in [6.07, 6.45) is 0. The molecule has 0 amide bonds.